The van der Waals surface area contributed by atoms with E-state index in [2.05, 4.69) is 31.8 Å². The summed E-state index contributed by atoms with van der Waals surface area (Å²) in [6, 6.07) is 5.76. The normalized spacial score (nSPS) is 13.2. The molecule has 21 heteroatoms. The Kier molecular flexibility index (Phi) is 11.7. The van der Waals surface area contributed by atoms with Crippen molar-refractivity contribution in [3.05, 3.63) is 90.3 Å². The monoisotopic (exact) mass is 728 g/mol. The SMILES string of the molecule is C=C(c1cc(OC)c(N/N=c2/c(C(=O)O)cc(=O)/c(=N\Nc3cc(C)c(S(=O)(=O)CCOS(=O)(=O)O)cc3OC)c2=O)cc1C)S(=O)O. The van der Waals surface area contributed by atoms with Crippen LogP contribution >= 0.6 is 0 Å². The molecule has 3 aromatic carbocycles. The van der Waals surface area contributed by atoms with E-state index < -0.39 is 76.8 Å². The zero-order valence-corrected chi connectivity index (χ0v) is 27.9. The third-order valence-corrected chi connectivity index (χ3v) is 9.40. The van der Waals surface area contributed by atoms with Crippen molar-refractivity contribution in [3.8, 4) is 11.5 Å². The van der Waals surface area contributed by atoms with Gasteiger partial charge in [0.15, 0.2) is 26.3 Å². The van der Waals surface area contributed by atoms with Gasteiger partial charge in [-0.05, 0) is 48.7 Å². The molecule has 0 aliphatic carbocycles. The molecule has 5 N–H and O–H groups in total. The summed E-state index contributed by atoms with van der Waals surface area (Å²) in [5, 5.41) is 15.9. The van der Waals surface area contributed by atoms with Gasteiger partial charge in [-0.3, -0.25) is 25.0 Å². The summed E-state index contributed by atoms with van der Waals surface area (Å²) in [5.41, 5.74) is 2.84. The number of rotatable bonds is 14. The van der Waals surface area contributed by atoms with Crippen LogP contribution in [0.15, 0.2) is 61.6 Å². The van der Waals surface area contributed by atoms with E-state index in [1.165, 1.54) is 39.3 Å². The first-order valence-corrected chi connectivity index (χ1v) is 17.2. The van der Waals surface area contributed by atoms with Gasteiger partial charge in [0.1, 0.15) is 16.9 Å². The van der Waals surface area contributed by atoms with Crippen molar-refractivity contribution in [1.29, 1.82) is 0 Å². The maximum atomic E-state index is 13.4. The third kappa shape index (κ3) is 8.76. The Hall–Kier alpha value is -4.80. The number of methoxy groups -OCH3 is 2. The van der Waals surface area contributed by atoms with Gasteiger partial charge in [-0.15, -0.1) is 0 Å². The zero-order chi connectivity index (χ0) is 36.1. The maximum Gasteiger partial charge on any atom is 0.397 e. The molecule has 3 rings (SSSR count). The van der Waals surface area contributed by atoms with E-state index in [1.807, 2.05) is 0 Å². The molecule has 0 spiro atoms. The van der Waals surface area contributed by atoms with Crippen LogP contribution in [0.3, 0.4) is 0 Å². The Labute approximate surface area is 274 Å². The minimum atomic E-state index is -4.87. The Balaban J connectivity index is 2.10. The Morgan fingerprint density at radius 2 is 1.44 bits per heavy atom. The fourth-order valence-electron chi connectivity index (χ4n) is 4.18. The fourth-order valence-corrected chi connectivity index (χ4v) is 6.35. The number of nitrogens with one attached hydrogen (secondary N) is 2. The molecular weight excluding hydrogens is 701 g/mol. The molecule has 0 saturated carbocycles. The zero-order valence-electron chi connectivity index (χ0n) is 25.5. The largest absolute Gasteiger partial charge is 0.494 e. The maximum absolute atomic E-state index is 13.4. The van der Waals surface area contributed by atoms with Gasteiger partial charge >= 0.3 is 16.4 Å². The lowest BCUT2D eigenvalue weighted by Crippen LogP contribution is -2.50. The lowest BCUT2D eigenvalue weighted by molar-refractivity contribution is 0.0694. The van der Waals surface area contributed by atoms with E-state index in [9.17, 15) is 45.1 Å². The molecule has 0 saturated heterocycles. The van der Waals surface area contributed by atoms with E-state index in [0.29, 0.717) is 17.2 Å². The summed E-state index contributed by atoms with van der Waals surface area (Å²) in [7, 11) is -6.57. The predicted molar refractivity (Wildman–Crippen MR) is 172 cm³/mol. The average Bonchev–Trinajstić information content (AvgIpc) is 2.98. The number of ether oxygens (including phenoxy) is 2. The molecule has 18 nitrogen and oxygen atoms in total. The lowest BCUT2D eigenvalue weighted by Gasteiger charge is -2.13. The first kappa shape index (κ1) is 37.7. The molecule has 1 atom stereocenters. The van der Waals surface area contributed by atoms with Gasteiger partial charge in [0, 0.05) is 12.1 Å². The molecule has 0 amide bonds. The van der Waals surface area contributed by atoms with Crippen LogP contribution in [-0.2, 0) is 35.5 Å². The summed E-state index contributed by atoms with van der Waals surface area (Å²) >= 11 is -2.38. The van der Waals surface area contributed by atoms with E-state index in [0.717, 1.165) is 6.07 Å². The van der Waals surface area contributed by atoms with Crippen molar-refractivity contribution in [2.75, 3.05) is 37.4 Å². The highest BCUT2D eigenvalue weighted by Crippen LogP contribution is 2.33. The standard InChI is InChI=1S/C27H28N4O14S3/c1-13-8-18(21(43-4)11-16(13)15(3)46(36)37)28-30-24-17(27(34)35)10-20(32)25(26(24)33)31-29-19-9-14(2)23(12-22(19)44-5)47(38,39)7-6-45-48(40,41)42/h8-12,28-29H,3,6-7H2,1-2,4-5H3,(H,34,35)(H,36,37)(H,40,41,42)/b30-24-,31-25+. The summed E-state index contributed by atoms with van der Waals surface area (Å²) in [6.45, 7) is 5.66. The predicted octanol–water partition coefficient (Wildman–Crippen LogP) is 0.256. The summed E-state index contributed by atoms with van der Waals surface area (Å²) < 4.78 is 91.2. The second kappa shape index (κ2) is 15.0. The van der Waals surface area contributed by atoms with Crippen molar-refractivity contribution in [2.24, 2.45) is 10.2 Å². The highest BCUT2D eigenvalue weighted by molar-refractivity contribution is 7.91. The average molecular weight is 729 g/mol. The Morgan fingerprint density at radius 1 is 0.896 bits per heavy atom. The molecule has 258 valence electrons. The van der Waals surface area contributed by atoms with Crippen molar-refractivity contribution >= 4 is 53.6 Å². The van der Waals surface area contributed by atoms with Gasteiger partial charge in [0.25, 0.3) is 0 Å². The fraction of sp³-hybridized carbons (Fsp3) is 0.222. The number of nitrogens with zero attached hydrogens (tertiary/aromatic N) is 2. The minimum absolute atomic E-state index is 0.0217. The van der Waals surface area contributed by atoms with Crippen molar-refractivity contribution < 1.29 is 53.7 Å². The molecule has 3 aromatic rings. The number of benzene rings is 3. The van der Waals surface area contributed by atoms with Crippen LogP contribution in [0.25, 0.3) is 4.91 Å². The van der Waals surface area contributed by atoms with Crippen LogP contribution in [-0.4, -0.2) is 67.8 Å². The molecule has 0 radical (unpaired) electrons. The van der Waals surface area contributed by atoms with Gasteiger partial charge < -0.3 is 19.1 Å². The number of aromatic carboxylic acids is 1. The molecule has 0 aliphatic heterocycles. The van der Waals surface area contributed by atoms with Crippen LogP contribution in [0, 0.1) is 13.8 Å². The van der Waals surface area contributed by atoms with E-state index in [1.54, 1.807) is 6.92 Å². The second-order valence-corrected chi connectivity index (χ2v) is 13.8. The third-order valence-electron chi connectivity index (χ3n) is 6.47. The number of carboxylic acids is 1. The van der Waals surface area contributed by atoms with Gasteiger partial charge in [-0.25, -0.2) is 21.6 Å². The summed E-state index contributed by atoms with van der Waals surface area (Å²) in [6.07, 6.45) is 0. The molecule has 1 unspecified atom stereocenters. The van der Waals surface area contributed by atoms with E-state index in [4.69, 9.17) is 14.0 Å². The van der Waals surface area contributed by atoms with Crippen LogP contribution in [0.2, 0.25) is 0 Å². The van der Waals surface area contributed by atoms with E-state index >= 15 is 0 Å². The summed E-state index contributed by atoms with van der Waals surface area (Å²) in [5.74, 6) is -2.52. The number of carbonyl (C=O) groups is 1. The quantitative estimate of drug-likeness (QED) is 0.0846. The number of sulfone groups is 1. The van der Waals surface area contributed by atoms with Gasteiger partial charge in [0.05, 0.1) is 53.3 Å². The molecule has 48 heavy (non-hydrogen) atoms. The van der Waals surface area contributed by atoms with Crippen molar-refractivity contribution in [2.45, 2.75) is 18.7 Å². The molecule has 0 heterocycles. The van der Waals surface area contributed by atoms with Crippen LogP contribution in [0.5, 0.6) is 11.5 Å². The number of hydrogen-bond donors (Lipinski definition) is 5. The number of aryl methyl sites for hydroxylation is 2. The molecular formula is C27H28N4O14S3. The van der Waals surface area contributed by atoms with Crippen molar-refractivity contribution in [3.63, 3.8) is 0 Å². The van der Waals surface area contributed by atoms with Crippen molar-refractivity contribution in [1.82, 2.24) is 0 Å². The molecule has 0 aromatic heterocycles. The summed E-state index contributed by atoms with van der Waals surface area (Å²) in [4.78, 5) is 37.7. The Bertz CT molecular complexity index is 2280. The molecule has 0 bridgehead atoms. The minimum Gasteiger partial charge on any atom is -0.494 e. The van der Waals surface area contributed by atoms with Crippen LogP contribution in [0.4, 0.5) is 11.4 Å². The number of anilines is 2. The number of carboxylic acid groups (broad SMARTS) is 1. The van der Waals surface area contributed by atoms with Gasteiger partial charge in [0.2, 0.25) is 10.9 Å². The Morgan fingerprint density at radius 3 is 1.96 bits per heavy atom. The highest BCUT2D eigenvalue weighted by atomic mass is 32.3. The highest BCUT2D eigenvalue weighted by Gasteiger charge is 2.22. The lowest BCUT2D eigenvalue weighted by atomic mass is 10.1. The van der Waals surface area contributed by atoms with Crippen LogP contribution < -0.4 is 41.9 Å². The second-order valence-electron chi connectivity index (χ2n) is 9.63. The van der Waals surface area contributed by atoms with E-state index in [-0.39, 0.29) is 38.2 Å². The topological polar surface area (TPSA) is 274 Å². The first-order chi connectivity index (χ1) is 22.3. The first-order valence-electron chi connectivity index (χ1n) is 13.0. The van der Waals surface area contributed by atoms with Gasteiger partial charge in [-0.2, -0.15) is 18.6 Å². The smallest absolute Gasteiger partial charge is 0.397 e. The van der Waals surface area contributed by atoms with Crippen LogP contribution in [0.1, 0.15) is 27.0 Å². The molecule has 0 aliphatic rings. The van der Waals surface area contributed by atoms with Gasteiger partial charge in [-0.1, -0.05) is 6.58 Å². The molecule has 0 fully saturated rings. The number of hydrogen-bond acceptors (Lipinski definition) is 15.